The minimum absolute atomic E-state index is 0.454. The number of halogens is 1. The molecule has 2 rings (SSSR count). The van der Waals surface area contributed by atoms with E-state index in [1.54, 1.807) is 6.20 Å². The highest BCUT2D eigenvalue weighted by atomic mass is 79.9. The molecule has 0 spiro atoms. The number of pyridine rings is 1. The second-order valence-corrected chi connectivity index (χ2v) is 4.41. The Balaban J connectivity index is 2.48. The van der Waals surface area contributed by atoms with Gasteiger partial charge in [-0.3, -0.25) is 4.98 Å². The molecule has 4 N–H and O–H groups in total. The molecule has 2 aromatic rings. The van der Waals surface area contributed by atoms with Crippen LogP contribution in [0.5, 0.6) is 0 Å². The van der Waals surface area contributed by atoms with Gasteiger partial charge in [0.15, 0.2) is 0 Å². The molecule has 3 nitrogen and oxygen atoms in total. The second kappa shape index (κ2) is 4.63. The van der Waals surface area contributed by atoms with Crippen LogP contribution in [-0.2, 0) is 6.54 Å². The van der Waals surface area contributed by atoms with Crippen molar-refractivity contribution in [2.24, 2.45) is 5.73 Å². The average Bonchev–Trinajstić information content (AvgIpc) is 2.28. The Hall–Kier alpha value is -1.39. The molecule has 0 aliphatic heterocycles. The minimum atomic E-state index is 0.454. The molecule has 0 aliphatic carbocycles. The Morgan fingerprint density at radius 2 is 2.06 bits per heavy atom. The van der Waals surface area contributed by atoms with E-state index in [4.69, 9.17) is 11.5 Å². The normalized spacial score (nSPS) is 10.4. The molecule has 0 bridgehead atoms. The van der Waals surface area contributed by atoms with Crippen molar-refractivity contribution in [3.63, 3.8) is 0 Å². The van der Waals surface area contributed by atoms with E-state index in [-0.39, 0.29) is 0 Å². The van der Waals surface area contributed by atoms with Crippen LogP contribution >= 0.6 is 15.9 Å². The lowest BCUT2D eigenvalue weighted by molar-refractivity contribution is 1.05. The molecule has 0 aliphatic rings. The topological polar surface area (TPSA) is 64.9 Å². The zero-order valence-electron chi connectivity index (χ0n) is 8.65. The molecule has 0 atom stereocenters. The molecule has 0 amide bonds. The van der Waals surface area contributed by atoms with Gasteiger partial charge in [0.2, 0.25) is 0 Å². The largest absolute Gasteiger partial charge is 0.397 e. The summed E-state index contributed by atoms with van der Waals surface area (Å²) in [5.41, 5.74) is 14.9. The Bertz CT molecular complexity index is 511. The van der Waals surface area contributed by atoms with Crippen LogP contribution in [-0.4, -0.2) is 4.98 Å². The maximum absolute atomic E-state index is 5.95. The SMILES string of the molecule is NCc1cnc(-c2cccc(Br)c2)c(N)c1. The highest BCUT2D eigenvalue weighted by Crippen LogP contribution is 2.26. The van der Waals surface area contributed by atoms with E-state index in [9.17, 15) is 0 Å². The number of hydrogen-bond donors (Lipinski definition) is 2. The third-order valence-electron chi connectivity index (χ3n) is 2.31. The van der Waals surface area contributed by atoms with E-state index < -0.39 is 0 Å². The predicted molar refractivity (Wildman–Crippen MR) is 69.7 cm³/mol. The van der Waals surface area contributed by atoms with Crippen LogP contribution in [0.2, 0.25) is 0 Å². The molecule has 1 heterocycles. The van der Waals surface area contributed by atoms with Crippen LogP contribution in [0.1, 0.15) is 5.56 Å². The highest BCUT2D eigenvalue weighted by Gasteiger charge is 2.05. The van der Waals surface area contributed by atoms with Crippen molar-refractivity contribution in [3.8, 4) is 11.3 Å². The van der Waals surface area contributed by atoms with Crippen LogP contribution in [0.25, 0.3) is 11.3 Å². The number of anilines is 1. The summed E-state index contributed by atoms with van der Waals surface area (Å²) < 4.78 is 1.01. The average molecular weight is 278 g/mol. The van der Waals surface area contributed by atoms with Gasteiger partial charge >= 0.3 is 0 Å². The molecule has 0 saturated heterocycles. The van der Waals surface area contributed by atoms with E-state index in [0.717, 1.165) is 21.3 Å². The van der Waals surface area contributed by atoms with Crippen LogP contribution in [0, 0.1) is 0 Å². The summed E-state index contributed by atoms with van der Waals surface area (Å²) in [6.45, 7) is 0.454. The van der Waals surface area contributed by atoms with E-state index in [2.05, 4.69) is 20.9 Å². The highest BCUT2D eigenvalue weighted by molar-refractivity contribution is 9.10. The molecule has 82 valence electrons. The zero-order chi connectivity index (χ0) is 11.5. The van der Waals surface area contributed by atoms with E-state index in [1.165, 1.54) is 0 Å². The molecular formula is C12H12BrN3. The first-order chi connectivity index (χ1) is 7.70. The summed E-state index contributed by atoms with van der Waals surface area (Å²) in [5.74, 6) is 0. The maximum atomic E-state index is 5.95. The Morgan fingerprint density at radius 3 is 2.69 bits per heavy atom. The monoisotopic (exact) mass is 277 g/mol. The van der Waals surface area contributed by atoms with Crippen molar-refractivity contribution < 1.29 is 0 Å². The van der Waals surface area contributed by atoms with Crippen molar-refractivity contribution in [3.05, 3.63) is 46.6 Å². The van der Waals surface area contributed by atoms with Gasteiger partial charge in [0, 0.05) is 22.8 Å². The van der Waals surface area contributed by atoms with Gasteiger partial charge in [-0.25, -0.2) is 0 Å². The van der Waals surface area contributed by atoms with Gasteiger partial charge < -0.3 is 11.5 Å². The quantitative estimate of drug-likeness (QED) is 0.887. The fourth-order valence-electron chi connectivity index (χ4n) is 1.52. The van der Waals surface area contributed by atoms with Gasteiger partial charge in [-0.15, -0.1) is 0 Å². The fourth-order valence-corrected chi connectivity index (χ4v) is 1.92. The first-order valence-corrected chi connectivity index (χ1v) is 5.70. The summed E-state index contributed by atoms with van der Waals surface area (Å²) in [6, 6.07) is 9.75. The Kier molecular flexibility index (Phi) is 3.22. The summed E-state index contributed by atoms with van der Waals surface area (Å²) >= 11 is 3.42. The van der Waals surface area contributed by atoms with Gasteiger partial charge in [-0.1, -0.05) is 28.1 Å². The smallest absolute Gasteiger partial charge is 0.0931 e. The van der Waals surface area contributed by atoms with E-state index >= 15 is 0 Å². The summed E-state index contributed by atoms with van der Waals surface area (Å²) in [5, 5.41) is 0. The first kappa shape index (κ1) is 11.1. The van der Waals surface area contributed by atoms with Crippen LogP contribution in [0.15, 0.2) is 41.0 Å². The standard InChI is InChI=1S/C12H12BrN3/c13-10-3-1-2-9(5-10)12-11(15)4-8(6-14)7-16-12/h1-5,7H,6,14-15H2. The van der Waals surface area contributed by atoms with Gasteiger partial charge in [-0.05, 0) is 23.8 Å². The minimum Gasteiger partial charge on any atom is -0.397 e. The van der Waals surface area contributed by atoms with Crippen LogP contribution < -0.4 is 11.5 Å². The number of nitrogen functional groups attached to an aromatic ring is 1. The summed E-state index contributed by atoms with van der Waals surface area (Å²) in [6.07, 6.45) is 1.76. The molecule has 1 aromatic carbocycles. The molecule has 0 saturated carbocycles. The van der Waals surface area contributed by atoms with Gasteiger partial charge in [0.1, 0.15) is 0 Å². The number of rotatable bonds is 2. The first-order valence-electron chi connectivity index (χ1n) is 4.91. The molecular weight excluding hydrogens is 266 g/mol. The predicted octanol–water partition coefficient (Wildman–Crippen LogP) is 2.55. The second-order valence-electron chi connectivity index (χ2n) is 3.50. The number of hydrogen-bond acceptors (Lipinski definition) is 3. The number of benzene rings is 1. The van der Waals surface area contributed by atoms with Gasteiger partial charge in [0.05, 0.1) is 11.4 Å². The van der Waals surface area contributed by atoms with Gasteiger partial charge in [0.25, 0.3) is 0 Å². The number of nitrogens with two attached hydrogens (primary N) is 2. The van der Waals surface area contributed by atoms with E-state index in [0.29, 0.717) is 12.2 Å². The Labute approximate surface area is 103 Å². The Morgan fingerprint density at radius 1 is 1.25 bits per heavy atom. The lowest BCUT2D eigenvalue weighted by atomic mass is 10.1. The zero-order valence-corrected chi connectivity index (χ0v) is 10.2. The fraction of sp³-hybridized carbons (Fsp3) is 0.0833. The lowest BCUT2D eigenvalue weighted by Gasteiger charge is -2.06. The number of aromatic nitrogens is 1. The van der Waals surface area contributed by atoms with Crippen molar-refractivity contribution >= 4 is 21.6 Å². The molecule has 0 fully saturated rings. The maximum Gasteiger partial charge on any atom is 0.0931 e. The molecule has 4 heteroatoms. The lowest BCUT2D eigenvalue weighted by Crippen LogP contribution is -2.00. The number of nitrogens with zero attached hydrogens (tertiary/aromatic N) is 1. The van der Waals surface area contributed by atoms with Gasteiger partial charge in [-0.2, -0.15) is 0 Å². The molecule has 0 radical (unpaired) electrons. The molecule has 0 unspecified atom stereocenters. The summed E-state index contributed by atoms with van der Waals surface area (Å²) in [4.78, 5) is 4.33. The summed E-state index contributed by atoms with van der Waals surface area (Å²) in [7, 11) is 0. The van der Waals surface area contributed by atoms with Crippen molar-refractivity contribution in [2.75, 3.05) is 5.73 Å². The van der Waals surface area contributed by atoms with Crippen LogP contribution in [0.3, 0.4) is 0 Å². The third kappa shape index (κ3) is 2.23. The third-order valence-corrected chi connectivity index (χ3v) is 2.80. The van der Waals surface area contributed by atoms with Crippen molar-refractivity contribution in [1.82, 2.24) is 4.98 Å². The van der Waals surface area contributed by atoms with Crippen LogP contribution in [0.4, 0.5) is 5.69 Å². The van der Waals surface area contributed by atoms with Crippen molar-refractivity contribution in [1.29, 1.82) is 0 Å². The van der Waals surface area contributed by atoms with Crippen molar-refractivity contribution in [2.45, 2.75) is 6.54 Å². The van der Waals surface area contributed by atoms with E-state index in [1.807, 2.05) is 30.3 Å². The molecule has 1 aromatic heterocycles. The molecule has 16 heavy (non-hydrogen) atoms.